The van der Waals surface area contributed by atoms with Gasteiger partial charge in [-0.25, -0.2) is 9.97 Å². The number of nitrogens with one attached hydrogen (secondary N) is 1. The number of carbonyl (C=O) groups is 1. The van der Waals surface area contributed by atoms with Gasteiger partial charge in [-0.15, -0.1) is 29.6 Å². The average molecular weight is 258 g/mol. The molecule has 1 aromatic rings. The third-order valence-electron chi connectivity index (χ3n) is 1.84. The van der Waals surface area contributed by atoms with E-state index < -0.39 is 0 Å². The van der Waals surface area contributed by atoms with Crippen molar-refractivity contribution in [2.45, 2.75) is 11.8 Å². The van der Waals surface area contributed by atoms with Crippen LogP contribution in [0, 0.1) is 12.3 Å². The fourth-order valence-corrected chi connectivity index (χ4v) is 1.55. The fourth-order valence-electron chi connectivity index (χ4n) is 1.15. The third-order valence-corrected chi connectivity index (χ3v) is 2.34. The molecule has 0 aliphatic carbocycles. The zero-order valence-electron chi connectivity index (χ0n) is 8.33. The van der Waals surface area contributed by atoms with Crippen molar-refractivity contribution >= 4 is 29.1 Å². The van der Waals surface area contributed by atoms with Gasteiger partial charge in [0.2, 0.25) is 0 Å². The number of aromatic nitrogens is 2. The maximum Gasteiger partial charge on any atom is 0.255 e. The van der Waals surface area contributed by atoms with Crippen molar-refractivity contribution in [3.8, 4) is 12.3 Å². The van der Waals surface area contributed by atoms with Gasteiger partial charge in [0.1, 0.15) is 6.33 Å². The molecule has 16 heavy (non-hydrogen) atoms. The lowest BCUT2D eigenvalue weighted by molar-refractivity contribution is 0.0956. The molecule has 84 valence electrons. The van der Waals surface area contributed by atoms with E-state index in [4.69, 9.17) is 29.6 Å². The van der Waals surface area contributed by atoms with Crippen molar-refractivity contribution in [3.05, 3.63) is 23.3 Å². The smallest absolute Gasteiger partial charge is 0.255 e. The van der Waals surface area contributed by atoms with E-state index in [-0.39, 0.29) is 24.2 Å². The first-order chi connectivity index (χ1) is 7.74. The average Bonchev–Trinajstić information content (AvgIpc) is 2.34. The molecule has 0 atom stereocenters. The van der Waals surface area contributed by atoms with Crippen molar-refractivity contribution in [2.75, 3.05) is 6.54 Å². The van der Waals surface area contributed by atoms with E-state index in [9.17, 15) is 4.79 Å². The summed E-state index contributed by atoms with van der Waals surface area (Å²) in [6.45, 7) is 0.136. The number of amides is 1. The number of terminal acetylenes is 1. The highest BCUT2D eigenvalue weighted by Gasteiger charge is 2.17. The molecule has 1 rings (SSSR count). The molecular weight excluding hydrogens is 249 g/mol. The maximum absolute atomic E-state index is 11.8. The van der Waals surface area contributed by atoms with Crippen LogP contribution >= 0.6 is 23.2 Å². The highest BCUT2D eigenvalue weighted by molar-refractivity contribution is 6.19. The second-order valence-electron chi connectivity index (χ2n) is 2.80. The Bertz CT molecular complexity index is 406. The van der Waals surface area contributed by atoms with Crippen LogP contribution in [0.1, 0.15) is 21.7 Å². The van der Waals surface area contributed by atoms with Crippen LogP contribution < -0.4 is 5.32 Å². The molecule has 6 heteroatoms. The Hall–Kier alpha value is -1.31. The van der Waals surface area contributed by atoms with E-state index >= 15 is 0 Å². The van der Waals surface area contributed by atoms with E-state index in [1.165, 1.54) is 6.33 Å². The lowest BCUT2D eigenvalue weighted by Gasteiger charge is -2.08. The van der Waals surface area contributed by atoms with Crippen molar-refractivity contribution in [1.82, 2.24) is 15.3 Å². The van der Waals surface area contributed by atoms with Crippen LogP contribution in [0.2, 0.25) is 0 Å². The van der Waals surface area contributed by atoms with Crippen LogP contribution in [0.5, 0.6) is 0 Å². The van der Waals surface area contributed by atoms with Crippen molar-refractivity contribution < 1.29 is 4.79 Å². The molecule has 0 aliphatic rings. The summed E-state index contributed by atoms with van der Waals surface area (Å²) in [6.07, 6.45) is 6.37. The van der Waals surface area contributed by atoms with E-state index in [1.807, 2.05) is 0 Å². The molecule has 1 aromatic heterocycles. The van der Waals surface area contributed by atoms with Gasteiger partial charge in [-0.1, -0.05) is 5.92 Å². The van der Waals surface area contributed by atoms with Crippen molar-refractivity contribution in [2.24, 2.45) is 0 Å². The molecule has 0 unspecified atom stereocenters. The summed E-state index contributed by atoms with van der Waals surface area (Å²) < 4.78 is 0. The van der Waals surface area contributed by atoms with Crippen LogP contribution in [0.15, 0.2) is 6.33 Å². The number of alkyl halides is 2. The van der Waals surface area contributed by atoms with E-state index in [1.54, 1.807) is 0 Å². The first kappa shape index (κ1) is 12.8. The summed E-state index contributed by atoms with van der Waals surface area (Å²) in [5.41, 5.74) is 1.20. The van der Waals surface area contributed by atoms with Crippen molar-refractivity contribution in [3.63, 3.8) is 0 Å². The van der Waals surface area contributed by atoms with Gasteiger partial charge in [0.15, 0.2) is 0 Å². The molecule has 1 N–H and O–H groups in total. The summed E-state index contributed by atoms with van der Waals surface area (Å²) in [5.74, 6) is 2.18. The SMILES string of the molecule is C#CCNC(=O)c1c(CCl)ncnc1CCl. The molecular formula is C10H9Cl2N3O. The minimum Gasteiger partial charge on any atom is -0.341 e. The van der Waals surface area contributed by atoms with Crippen LogP contribution in [0.3, 0.4) is 0 Å². The lowest BCUT2D eigenvalue weighted by atomic mass is 10.1. The standard InChI is InChI=1S/C10H9Cl2N3O/c1-2-3-13-10(16)9-7(4-11)14-6-15-8(9)5-12/h1,6H,3-5H2,(H,13,16). The summed E-state index contributed by atoms with van der Waals surface area (Å²) in [7, 11) is 0. The second-order valence-corrected chi connectivity index (χ2v) is 3.33. The van der Waals surface area contributed by atoms with Gasteiger partial charge in [0.25, 0.3) is 5.91 Å². The molecule has 0 saturated heterocycles. The molecule has 0 bridgehead atoms. The largest absolute Gasteiger partial charge is 0.341 e. The molecule has 0 radical (unpaired) electrons. The van der Waals surface area contributed by atoms with Gasteiger partial charge < -0.3 is 5.32 Å². The summed E-state index contributed by atoms with van der Waals surface area (Å²) in [5, 5.41) is 2.53. The molecule has 0 spiro atoms. The Morgan fingerprint density at radius 2 is 1.94 bits per heavy atom. The topological polar surface area (TPSA) is 54.9 Å². The molecule has 1 amide bonds. The van der Waals surface area contributed by atoms with Crippen LogP contribution in [0.4, 0.5) is 0 Å². The van der Waals surface area contributed by atoms with E-state index in [0.29, 0.717) is 17.0 Å². The number of hydrogen-bond acceptors (Lipinski definition) is 3. The zero-order chi connectivity index (χ0) is 12.0. The minimum atomic E-state index is -0.357. The Morgan fingerprint density at radius 3 is 2.38 bits per heavy atom. The van der Waals surface area contributed by atoms with E-state index in [2.05, 4.69) is 21.2 Å². The number of carbonyl (C=O) groups excluding carboxylic acids is 1. The van der Waals surface area contributed by atoms with Gasteiger partial charge in [-0.3, -0.25) is 4.79 Å². The third kappa shape index (κ3) is 2.84. The number of nitrogens with zero attached hydrogens (tertiary/aromatic N) is 2. The van der Waals surface area contributed by atoms with Gasteiger partial charge in [-0.2, -0.15) is 0 Å². The normalized spacial score (nSPS) is 9.56. The van der Waals surface area contributed by atoms with Crippen LogP contribution in [-0.4, -0.2) is 22.4 Å². The zero-order valence-corrected chi connectivity index (χ0v) is 9.85. The van der Waals surface area contributed by atoms with Gasteiger partial charge in [0.05, 0.1) is 35.3 Å². The molecule has 0 aromatic carbocycles. The second kappa shape index (κ2) is 6.31. The summed E-state index contributed by atoms with van der Waals surface area (Å²) >= 11 is 11.4. The Morgan fingerprint density at radius 1 is 1.38 bits per heavy atom. The Kier molecular flexibility index (Phi) is 5.03. The number of halogens is 2. The highest BCUT2D eigenvalue weighted by atomic mass is 35.5. The monoisotopic (exact) mass is 257 g/mol. The fraction of sp³-hybridized carbons (Fsp3) is 0.300. The minimum absolute atomic E-state index is 0.116. The van der Waals surface area contributed by atoms with Gasteiger partial charge in [0, 0.05) is 0 Å². The van der Waals surface area contributed by atoms with Crippen molar-refractivity contribution in [1.29, 1.82) is 0 Å². The predicted octanol–water partition coefficient (Wildman–Crippen LogP) is 1.32. The predicted molar refractivity (Wildman–Crippen MR) is 62.3 cm³/mol. The molecule has 0 fully saturated rings. The molecule has 1 heterocycles. The van der Waals surface area contributed by atoms with Crippen LogP contribution in [0.25, 0.3) is 0 Å². The number of rotatable bonds is 4. The maximum atomic E-state index is 11.8. The lowest BCUT2D eigenvalue weighted by Crippen LogP contribution is -2.26. The number of hydrogen-bond donors (Lipinski definition) is 1. The molecule has 0 aliphatic heterocycles. The summed E-state index contributed by atoms with van der Waals surface area (Å²) in [6, 6.07) is 0. The highest BCUT2D eigenvalue weighted by Crippen LogP contribution is 2.14. The van der Waals surface area contributed by atoms with Gasteiger partial charge >= 0.3 is 0 Å². The van der Waals surface area contributed by atoms with Gasteiger partial charge in [-0.05, 0) is 0 Å². The first-order valence-electron chi connectivity index (χ1n) is 4.41. The first-order valence-corrected chi connectivity index (χ1v) is 5.47. The van der Waals surface area contributed by atoms with E-state index in [0.717, 1.165) is 0 Å². The summed E-state index contributed by atoms with van der Waals surface area (Å²) in [4.78, 5) is 19.6. The molecule has 4 nitrogen and oxygen atoms in total. The Labute approximate surface area is 103 Å². The van der Waals surface area contributed by atoms with Crippen LogP contribution in [-0.2, 0) is 11.8 Å². The quantitative estimate of drug-likeness (QED) is 0.654. The molecule has 0 saturated carbocycles. The Balaban J connectivity index is 3.08.